The minimum Gasteiger partial charge on any atom is -0.455 e. The number of carbonyl (C=O) groups is 1. The third kappa shape index (κ3) is 5.85. The van der Waals surface area contributed by atoms with Gasteiger partial charge in [0.15, 0.2) is 5.73 Å². The van der Waals surface area contributed by atoms with Crippen LogP contribution < -0.4 is 0 Å². The average molecular weight is 339 g/mol. The zero-order chi connectivity index (χ0) is 14.9. The van der Waals surface area contributed by atoms with Gasteiger partial charge >= 0.3 is 14.8 Å². The molecule has 0 saturated carbocycles. The lowest BCUT2D eigenvalue weighted by atomic mass is 10.4. The summed E-state index contributed by atoms with van der Waals surface area (Å²) in [4.78, 5) is 11.7. The van der Waals surface area contributed by atoms with E-state index >= 15 is 0 Å². The number of rotatable bonds is 10. The second-order valence-electron chi connectivity index (χ2n) is 3.99. The summed E-state index contributed by atoms with van der Waals surface area (Å²) in [5, 5.41) is 0. The molecule has 9 heteroatoms. The first-order valence-electron chi connectivity index (χ1n) is 6.75. The van der Waals surface area contributed by atoms with Crippen LogP contribution >= 0.6 is 0 Å². The van der Waals surface area contributed by atoms with Crippen molar-refractivity contribution >= 4 is 44.1 Å². The van der Waals surface area contributed by atoms with E-state index in [0.29, 0.717) is 12.0 Å². The Morgan fingerprint density at radius 2 is 1.58 bits per heavy atom. The van der Waals surface area contributed by atoms with Crippen LogP contribution in [-0.4, -0.2) is 49.8 Å². The van der Waals surface area contributed by atoms with Gasteiger partial charge in [0.2, 0.25) is 0 Å². The van der Waals surface area contributed by atoms with Gasteiger partial charge < -0.3 is 17.1 Å². The van der Waals surface area contributed by atoms with E-state index in [-0.39, 0.29) is 0 Å². The van der Waals surface area contributed by atoms with Gasteiger partial charge in [0, 0.05) is 5.57 Å². The van der Waals surface area contributed by atoms with Gasteiger partial charge in [-0.15, -0.1) is 0 Å². The Morgan fingerprint density at radius 1 is 1.16 bits per heavy atom. The third-order valence-electron chi connectivity index (χ3n) is 2.40. The topological polar surface area (TPSA) is 54.0 Å². The van der Waals surface area contributed by atoms with Gasteiger partial charge in [0.1, 0.15) is 29.3 Å². The second kappa shape index (κ2) is 9.80. The number of hydrogen-bond donors (Lipinski definition) is 0. The molecule has 19 heavy (non-hydrogen) atoms. The van der Waals surface area contributed by atoms with Crippen LogP contribution in [0.4, 0.5) is 0 Å². The lowest BCUT2D eigenvalue weighted by Crippen LogP contribution is -2.59. The van der Waals surface area contributed by atoms with Crippen molar-refractivity contribution in [3.8, 4) is 0 Å². The highest BCUT2D eigenvalue weighted by molar-refractivity contribution is 6.74. The van der Waals surface area contributed by atoms with Crippen molar-refractivity contribution in [3.63, 3.8) is 0 Å². The Hall–Kier alpha value is -0.0425. The van der Waals surface area contributed by atoms with Crippen LogP contribution in [0.25, 0.3) is 0 Å². The average Bonchev–Trinajstić information content (AvgIpc) is 2.36. The first kappa shape index (κ1) is 19.0. The molecule has 1 unspecified atom stereocenters. The highest BCUT2D eigenvalue weighted by Crippen LogP contribution is 2.20. The molecule has 0 aromatic heterocycles. The maximum Gasteiger partial charge on any atom is 0.511 e. The molecule has 0 aromatic carbocycles. The summed E-state index contributed by atoms with van der Waals surface area (Å²) >= 11 is 0. The van der Waals surface area contributed by atoms with Crippen molar-refractivity contribution in [2.75, 3.05) is 0 Å². The molecule has 1 atom stereocenters. The summed E-state index contributed by atoms with van der Waals surface area (Å²) in [7, 11) is -4.91. The van der Waals surface area contributed by atoms with Crippen LogP contribution in [0.15, 0.2) is 12.2 Å². The van der Waals surface area contributed by atoms with E-state index < -0.39 is 49.8 Å². The molecular formula is C10H26O5Si4. The number of carbonyl (C=O) groups excluding carboxylic acids is 1. The minimum atomic E-state index is -2.83. The van der Waals surface area contributed by atoms with Crippen molar-refractivity contribution in [1.29, 1.82) is 0 Å². The van der Waals surface area contributed by atoms with Crippen LogP contribution in [0.2, 0.25) is 19.6 Å². The van der Waals surface area contributed by atoms with Crippen molar-refractivity contribution in [2.24, 2.45) is 0 Å². The molecule has 112 valence electrons. The maximum absolute atomic E-state index is 11.7. The Bertz CT molecular complexity index is 283. The molecule has 0 fully saturated rings. The normalized spacial score (nSPS) is 17.5. The molecule has 0 saturated heterocycles. The summed E-state index contributed by atoms with van der Waals surface area (Å²) in [5.74, 6) is -0.396. The summed E-state index contributed by atoms with van der Waals surface area (Å²) in [5.41, 5.74) is -0.0124. The molecule has 0 bridgehead atoms. The fourth-order valence-electron chi connectivity index (χ4n) is 1.64. The Balaban J connectivity index is 5.12. The van der Waals surface area contributed by atoms with Crippen LogP contribution in [0.3, 0.4) is 0 Å². The third-order valence-corrected chi connectivity index (χ3v) is 12.0. The molecule has 0 heterocycles. The summed E-state index contributed by atoms with van der Waals surface area (Å²) in [6.45, 7) is 13.3. The Morgan fingerprint density at radius 3 is 1.84 bits per heavy atom. The second-order valence-corrected chi connectivity index (χ2v) is 11.0. The lowest BCUT2D eigenvalue weighted by molar-refractivity contribution is -0.142. The van der Waals surface area contributed by atoms with Crippen LogP contribution in [0, 0.1) is 0 Å². The minimum absolute atomic E-state index is 0.387. The van der Waals surface area contributed by atoms with Gasteiger partial charge in [-0.05, 0) is 13.3 Å². The molecule has 0 aliphatic rings. The highest BCUT2D eigenvalue weighted by Gasteiger charge is 2.49. The Kier molecular flexibility index (Phi) is 9.78. The molecular weight excluding hydrogens is 312 g/mol. The van der Waals surface area contributed by atoms with Crippen LogP contribution in [-0.2, 0) is 21.9 Å². The SMILES string of the molecule is C=C(C)C(=O)OC(CC)[Si](O[SiH2]C)(O[SiH2]C)O[SiH2]C. The van der Waals surface area contributed by atoms with Crippen molar-refractivity contribution in [2.45, 2.75) is 45.6 Å². The molecule has 0 spiro atoms. The molecule has 0 rings (SSSR count). The fraction of sp³-hybridized carbons (Fsp3) is 0.700. The van der Waals surface area contributed by atoms with Gasteiger partial charge in [0.25, 0.3) is 0 Å². The van der Waals surface area contributed by atoms with Gasteiger partial charge in [-0.25, -0.2) is 4.79 Å². The number of esters is 1. The van der Waals surface area contributed by atoms with Crippen molar-refractivity contribution in [3.05, 3.63) is 12.2 Å². The smallest absolute Gasteiger partial charge is 0.455 e. The largest absolute Gasteiger partial charge is 0.511 e. The van der Waals surface area contributed by atoms with E-state index in [1.54, 1.807) is 6.92 Å². The van der Waals surface area contributed by atoms with Crippen molar-refractivity contribution < 1.29 is 21.9 Å². The fourth-order valence-corrected chi connectivity index (χ4v) is 12.7. The summed E-state index contributed by atoms with van der Waals surface area (Å²) in [6.07, 6.45) is 0.641. The number of ether oxygens (including phenoxy) is 1. The number of hydrogen-bond acceptors (Lipinski definition) is 5. The van der Waals surface area contributed by atoms with Gasteiger partial charge in [-0.3, -0.25) is 0 Å². The maximum atomic E-state index is 11.7. The zero-order valence-electron chi connectivity index (χ0n) is 12.7. The molecule has 0 radical (unpaired) electrons. The van der Waals surface area contributed by atoms with Gasteiger partial charge in [-0.2, -0.15) is 0 Å². The summed E-state index contributed by atoms with van der Waals surface area (Å²) in [6, 6.07) is 0. The van der Waals surface area contributed by atoms with E-state index in [2.05, 4.69) is 6.58 Å². The van der Waals surface area contributed by atoms with E-state index in [1.165, 1.54) is 0 Å². The van der Waals surface area contributed by atoms with E-state index in [0.717, 1.165) is 0 Å². The molecule has 0 aromatic rings. The molecule has 0 N–H and O–H groups in total. The molecule has 0 amide bonds. The first-order chi connectivity index (χ1) is 8.97. The van der Waals surface area contributed by atoms with E-state index in [4.69, 9.17) is 17.1 Å². The lowest BCUT2D eigenvalue weighted by Gasteiger charge is -2.35. The molecule has 0 aliphatic carbocycles. The predicted molar refractivity (Wildman–Crippen MR) is 87.2 cm³/mol. The van der Waals surface area contributed by atoms with E-state index in [1.807, 2.05) is 26.6 Å². The van der Waals surface area contributed by atoms with E-state index in [9.17, 15) is 4.79 Å². The molecule has 5 nitrogen and oxygen atoms in total. The quantitative estimate of drug-likeness (QED) is 0.314. The van der Waals surface area contributed by atoms with Gasteiger partial charge in [0.05, 0.1) is 0 Å². The Labute approximate surface area is 124 Å². The van der Waals surface area contributed by atoms with Gasteiger partial charge in [-0.1, -0.05) is 33.1 Å². The standard InChI is InChI=1S/C10H26O5Si4/c1-7-9(12-10(11)8(2)3)19(13-16-4,14-17-5)15-18-6/h9H,2,7,16-18H2,1,3-6H3. The molecule has 0 aliphatic heterocycles. The predicted octanol–water partition coefficient (Wildman–Crippen LogP) is -0.192. The summed E-state index contributed by atoms with van der Waals surface area (Å²) < 4.78 is 23.3. The van der Waals surface area contributed by atoms with Crippen LogP contribution in [0.1, 0.15) is 20.3 Å². The highest BCUT2D eigenvalue weighted by atomic mass is 28.5. The monoisotopic (exact) mass is 338 g/mol. The van der Waals surface area contributed by atoms with Crippen LogP contribution in [0.5, 0.6) is 0 Å². The zero-order valence-corrected chi connectivity index (χ0v) is 17.9. The first-order valence-corrected chi connectivity index (χ1v) is 14.5. The van der Waals surface area contributed by atoms with Crippen molar-refractivity contribution in [1.82, 2.24) is 0 Å².